The zero-order valence-corrected chi connectivity index (χ0v) is 19.3. The average molecular weight is 425 g/mol. The zero-order valence-electron chi connectivity index (χ0n) is 18.5. The molecule has 1 aromatic carbocycles. The summed E-state index contributed by atoms with van der Waals surface area (Å²) in [4.78, 5) is 12.9. The number of sulfonamides is 1. The normalized spacial score (nSPS) is 15.8. The molecule has 0 saturated heterocycles. The fourth-order valence-corrected chi connectivity index (χ4v) is 5.64. The van der Waals surface area contributed by atoms with Crippen molar-refractivity contribution in [2.45, 2.75) is 47.6 Å². The third kappa shape index (κ3) is 4.08. The molecule has 2 rings (SSSR count). The van der Waals surface area contributed by atoms with E-state index >= 15 is 0 Å². The van der Waals surface area contributed by atoms with Crippen molar-refractivity contribution in [1.82, 2.24) is 5.32 Å². The minimum absolute atomic E-state index is 0.139. The first-order chi connectivity index (χ1) is 13.5. The van der Waals surface area contributed by atoms with E-state index in [1.165, 1.54) is 18.5 Å². The van der Waals surface area contributed by atoms with Crippen LogP contribution >= 0.6 is 0 Å². The summed E-state index contributed by atoms with van der Waals surface area (Å²) < 4.78 is 38.7. The summed E-state index contributed by atoms with van der Waals surface area (Å²) in [5, 5.41) is 2.94. The minimum Gasteiger partial charge on any atom is -0.493 e. The molecule has 162 valence electrons. The lowest BCUT2D eigenvalue weighted by atomic mass is 9.93. The molecule has 7 nitrogen and oxygen atoms in total. The van der Waals surface area contributed by atoms with Crippen LogP contribution < -0.4 is 19.1 Å². The summed E-state index contributed by atoms with van der Waals surface area (Å²) in [6, 6.07) is 3.22. The number of fused-ring (bicyclic) bond motifs is 1. The Bertz CT molecular complexity index is 911. The quantitative estimate of drug-likeness (QED) is 0.725. The standard InChI is InChI=1S/C21H32N2O5S/c1-9-23-16-11-18(28-8)17(27-7)10-15(16)14(6)20(29(23,25)26)21(24)22-19(12(2)3)13(4)5/h10-13,19H,9H2,1-8H3,(H,22,24). The molecule has 1 N–H and O–H groups in total. The largest absolute Gasteiger partial charge is 0.493 e. The lowest BCUT2D eigenvalue weighted by Gasteiger charge is -2.33. The number of anilines is 1. The highest BCUT2D eigenvalue weighted by molar-refractivity contribution is 7.97. The summed E-state index contributed by atoms with van der Waals surface area (Å²) in [5.74, 6) is 0.673. The van der Waals surface area contributed by atoms with Crippen molar-refractivity contribution >= 4 is 27.2 Å². The number of allylic oxidation sites excluding steroid dienone is 1. The van der Waals surface area contributed by atoms with Gasteiger partial charge in [-0.1, -0.05) is 27.7 Å². The van der Waals surface area contributed by atoms with Crippen LogP contribution in [0.25, 0.3) is 5.57 Å². The van der Waals surface area contributed by atoms with E-state index in [0.717, 1.165) is 0 Å². The highest BCUT2D eigenvalue weighted by Crippen LogP contribution is 2.44. The number of nitrogens with zero attached hydrogens (tertiary/aromatic N) is 1. The Morgan fingerprint density at radius 1 is 1.07 bits per heavy atom. The number of carbonyl (C=O) groups excluding carboxylic acids is 1. The molecule has 29 heavy (non-hydrogen) atoms. The lowest BCUT2D eigenvalue weighted by molar-refractivity contribution is -0.118. The van der Waals surface area contributed by atoms with Gasteiger partial charge in [0.1, 0.15) is 0 Å². The Morgan fingerprint density at radius 3 is 2.03 bits per heavy atom. The Labute approximate surface area is 174 Å². The number of benzene rings is 1. The summed E-state index contributed by atoms with van der Waals surface area (Å²) in [5.41, 5.74) is 1.51. The van der Waals surface area contributed by atoms with Crippen molar-refractivity contribution in [1.29, 1.82) is 0 Å². The minimum atomic E-state index is -4.01. The predicted octanol–water partition coefficient (Wildman–Crippen LogP) is 3.40. The van der Waals surface area contributed by atoms with Crippen LogP contribution in [-0.4, -0.2) is 41.1 Å². The van der Waals surface area contributed by atoms with E-state index in [2.05, 4.69) is 5.32 Å². The van der Waals surface area contributed by atoms with Gasteiger partial charge in [-0.15, -0.1) is 0 Å². The molecule has 0 bridgehead atoms. The molecule has 0 aliphatic carbocycles. The van der Waals surface area contributed by atoms with Gasteiger partial charge in [-0.3, -0.25) is 9.10 Å². The fraction of sp³-hybridized carbons (Fsp3) is 0.571. The number of rotatable bonds is 7. The highest BCUT2D eigenvalue weighted by Gasteiger charge is 2.40. The molecule has 0 aromatic heterocycles. The first kappa shape index (κ1) is 23.1. The van der Waals surface area contributed by atoms with Crippen LogP contribution in [-0.2, 0) is 14.8 Å². The Hall–Kier alpha value is -2.22. The molecular weight excluding hydrogens is 392 g/mol. The van der Waals surface area contributed by atoms with E-state index in [1.54, 1.807) is 26.0 Å². The third-order valence-corrected chi connectivity index (χ3v) is 7.33. The topological polar surface area (TPSA) is 84.9 Å². The van der Waals surface area contributed by atoms with Crippen molar-refractivity contribution in [2.24, 2.45) is 11.8 Å². The molecule has 1 heterocycles. The van der Waals surface area contributed by atoms with E-state index in [-0.39, 0.29) is 29.3 Å². The molecule has 0 atom stereocenters. The number of hydrogen-bond donors (Lipinski definition) is 1. The van der Waals surface area contributed by atoms with Crippen LogP contribution in [0.2, 0.25) is 0 Å². The van der Waals surface area contributed by atoms with Gasteiger partial charge in [0.05, 0.1) is 19.9 Å². The van der Waals surface area contributed by atoms with Crippen LogP contribution in [0.4, 0.5) is 5.69 Å². The summed E-state index contributed by atoms with van der Waals surface area (Å²) in [7, 11) is -0.998. The van der Waals surface area contributed by atoms with Gasteiger partial charge >= 0.3 is 0 Å². The Kier molecular flexibility index (Phi) is 6.88. The maximum Gasteiger partial charge on any atom is 0.270 e. The van der Waals surface area contributed by atoms with E-state index in [9.17, 15) is 13.2 Å². The van der Waals surface area contributed by atoms with Crippen molar-refractivity contribution in [3.8, 4) is 11.5 Å². The number of nitrogens with one attached hydrogen (secondary N) is 1. The third-order valence-electron chi connectivity index (χ3n) is 5.29. The number of methoxy groups -OCH3 is 2. The van der Waals surface area contributed by atoms with Gasteiger partial charge in [0.2, 0.25) is 0 Å². The second-order valence-corrected chi connectivity index (χ2v) is 9.63. The van der Waals surface area contributed by atoms with Crippen molar-refractivity contribution in [3.63, 3.8) is 0 Å². The molecule has 0 saturated carbocycles. The number of amides is 1. The molecule has 0 radical (unpaired) electrons. The lowest BCUT2D eigenvalue weighted by Crippen LogP contribution is -2.47. The van der Waals surface area contributed by atoms with Gasteiger partial charge in [-0.05, 0) is 37.3 Å². The smallest absolute Gasteiger partial charge is 0.270 e. The second kappa shape index (κ2) is 8.65. The van der Waals surface area contributed by atoms with E-state index in [0.29, 0.717) is 28.3 Å². The first-order valence-corrected chi connectivity index (χ1v) is 11.3. The summed E-state index contributed by atoms with van der Waals surface area (Å²) in [6.45, 7) is 11.6. The van der Waals surface area contributed by atoms with Crippen LogP contribution in [0.5, 0.6) is 11.5 Å². The zero-order chi connectivity index (χ0) is 22.1. The van der Waals surface area contributed by atoms with Crippen molar-refractivity contribution in [2.75, 3.05) is 25.1 Å². The summed E-state index contributed by atoms with van der Waals surface area (Å²) in [6.07, 6.45) is 0. The number of carbonyl (C=O) groups is 1. The molecule has 1 aromatic rings. The van der Waals surface area contributed by atoms with E-state index < -0.39 is 15.9 Å². The van der Waals surface area contributed by atoms with Crippen LogP contribution in [0.1, 0.15) is 47.1 Å². The SMILES string of the molecule is CCN1c2cc(OC)c(OC)cc2C(C)=C(C(=O)NC(C(C)C)C(C)C)S1(=O)=O. The first-order valence-electron chi connectivity index (χ1n) is 9.82. The molecule has 0 fully saturated rings. The summed E-state index contributed by atoms with van der Waals surface area (Å²) >= 11 is 0. The van der Waals surface area contributed by atoms with Gasteiger partial charge in [0, 0.05) is 24.2 Å². The van der Waals surface area contributed by atoms with Gasteiger partial charge in [-0.25, -0.2) is 8.42 Å². The van der Waals surface area contributed by atoms with Gasteiger partial charge < -0.3 is 14.8 Å². The average Bonchev–Trinajstić information content (AvgIpc) is 2.64. The van der Waals surface area contributed by atoms with Crippen molar-refractivity contribution in [3.05, 3.63) is 22.6 Å². The molecule has 0 unspecified atom stereocenters. The Morgan fingerprint density at radius 2 is 1.59 bits per heavy atom. The van der Waals surface area contributed by atoms with Crippen LogP contribution in [0, 0.1) is 11.8 Å². The monoisotopic (exact) mass is 424 g/mol. The van der Waals surface area contributed by atoms with Crippen LogP contribution in [0.3, 0.4) is 0 Å². The molecule has 1 aliphatic heterocycles. The number of ether oxygens (including phenoxy) is 2. The molecule has 1 amide bonds. The highest BCUT2D eigenvalue weighted by atomic mass is 32.2. The predicted molar refractivity (Wildman–Crippen MR) is 116 cm³/mol. The molecule has 8 heteroatoms. The molecule has 0 spiro atoms. The van der Waals surface area contributed by atoms with E-state index in [4.69, 9.17) is 9.47 Å². The maximum atomic E-state index is 13.4. The van der Waals surface area contributed by atoms with Gasteiger partial charge in [0.25, 0.3) is 15.9 Å². The van der Waals surface area contributed by atoms with Crippen molar-refractivity contribution < 1.29 is 22.7 Å². The number of hydrogen-bond acceptors (Lipinski definition) is 5. The fourth-order valence-electron chi connectivity index (χ4n) is 3.88. The van der Waals surface area contributed by atoms with Crippen LogP contribution in [0.15, 0.2) is 17.0 Å². The van der Waals surface area contributed by atoms with Gasteiger partial charge in [0.15, 0.2) is 16.4 Å². The second-order valence-electron chi connectivity index (χ2n) is 7.84. The molecule has 1 aliphatic rings. The molecular formula is C21H32N2O5S. The van der Waals surface area contributed by atoms with E-state index in [1.807, 2.05) is 27.7 Å². The van der Waals surface area contributed by atoms with Gasteiger partial charge in [-0.2, -0.15) is 0 Å². The Balaban J connectivity index is 2.70. The maximum absolute atomic E-state index is 13.4.